The van der Waals surface area contributed by atoms with Gasteiger partial charge in [0.2, 0.25) is 0 Å². The highest BCUT2D eigenvalue weighted by atomic mass is 15.5. The van der Waals surface area contributed by atoms with Crippen molar-refractivity contribution in [3.63, 3.8) is 0 Å². The Hall–Kier alpha value is -0.970. The van der Waals surface area contributed by atoms with Gasteiger partial charge in [-0.15, -0.1) is 10.2 Å². The van der Waals surface area contributed by atoms with Gasteiger partial charge in [0.25, 0.3) is 0 Å². The first kappa shape index (κ1) is 9.58. The molecule has 1 aliphatic carbocycles. The van der Waals surface area contributed by atoms with Gasteiger partial charge in [0.05, 0.1) is 0 Å². The molecular formula is C9H17N5. The minimum Gasteiger partial charge on any atom is -0.314 e. The van der Waals surface area contributed by atoms with E-state index in [-0.39, 0.29) is 5.54 Å². The van der Waals surface area contributed by atoms with Gasteiger partial charge in [-0.2, -0.15) is 5.21 Å². The van der Waals surface area contributed by atoms with E-state index >= 15 is 0 Å². The molecule has 5 heteroatoms. The van der Waals surface area contributed by atoms with Crippen molar-refractivity contribution in [1.29, 1.82) is 0 Å². The van der Waals surface area contributed by atoms with Crippen LogP contribution in [0.1, 0.15) is 32.0 Å². The summed E-state index contributed by atoms with van der Waals surface area (Å²) < 4.78 is 0. The van der Waals surface area contributed by atoms with Crippen molar-refractivity contribution < 1.29 is 0 Å². The minimum atomic E-state index is 0.198. The lowest BCUT2D eigenvalue weighted by molar-refractivity contribution is 0.339. The molecule has 0 bridgehead atoms. The maximum absolute atomic E-state index is 4.01. The zero-order valence-electron chi connectivity index (χ0n) is 8.75. The average molecular weight is 195 g/mol. The van der Waals surface area contributed by atoms with E-state index in [0.717, 1.165) is 18.2 Å². The Bertz CT molecular complexity index is 283. The van der Waals surface area contributed by atoms with Crippen molar-refractivity contribution in [1.82, 2.24) is 25.9 Å². The molecule has 0 amide bonds. The van der Waals surface area contributed by atoms with E-state index in [0.29, 0.717) is 0 Å². The second kappa shape index (κ2) is 3.65. The van der Waals surface area contributed by atoms with Crippen LogP contribution in [0, 0.1) is 5.92 Å². The van der Waals surface area contributed by atoms with Crippen LogP contribution in [-0.2, 0) is 6.42 Å². The van der Waals surface area contributed by atoms with Crippen LogP contribution >= 0.6 is 0 Å². The minimum absolute atomic E-state index is 0.198. The van der Waals surface area contributed by atoms with E-state index in [2.05, 4.69) is 32.9 Å². The molecule has 1 fully saturated rings. The molecule has 2 atom stereocenters. The Morgan fingerprint density at radius 1 is 1.64 bits per heavy atom. The van der Waals surface area contributed by atoms with Gasteiger partial charge in [-0.1, -0.05) is 12.1 Å². The zero-order chi connectivity index (χ0) is 10.0. The number of nitrogens with one attached hydrogen (secondary N) is 2. The average Bonchev–Trinajstić information content (AvgIpc) is 2.77. The number of hydrogen-bond acceptors (Lipinski definition) is 4. The van der Waals surface area contributed by atoms with Gasteiger partial charge in [0.15, 0.2) is 5.82 Å². The van der Waals surface area contributed by atoms with Crippen molar-refractivity contribution >= 4 is 0 Å². The highest BCUT2D eigenvalue weighted by molar-refractivity contribution is 5.00. The molecule has 1 aromatic heterocycles. The third-order valence-corrected chi connectivity index (χ3v) is 3.27. The quantitative estimate of drug-likeness (QED) is 0.738. The summed E-state index contributed by atoms with van der Waals surface area (Å²) in [6, 6.07) is 0. The number of aromatic amines is 1. The van der Waals surface area contributed by atoms with Gasteiger partial charge in [-0.3, -0.25) is 0 Å². The SMILES string of the molecule is CNC1(Cc2nn[nH]n2)CCC(C)C1. The van der Waals surface area contributed by atoms with Crippen LogP contribution in [0.3, 0.4) is 0 Å². The summed E-state index contributed by atoms with van der Waals surface area (Å²) in [5.41, 5.74) is 0.198. The van der Waals surface area contributed by atoms with Crippen LogP contribution in [0.5, 0.6) is 0 Å². The predicted octanol–water partition coefficient (Wildman–Crippen LogP) is 0.520. The summed E-state index contributed by atoms with van der Waals surface area (Å²) in [4.78, 5) is 0. The second-order valence-electron chi connectivity index (χ2n) is 4.38. The second-order valence-corrected chi connectivity index (χ2v) is 4.38. The highest BCUT2D eigenvalue weighted by Crippen LogP contribution is 2.35. The van der Waals surface area contributed by atoms with Crippen molar-refractivity contribution in [3.8, 4) is 0 Å². The van der Waals surface area contributed by atoms with Gasteiger partial charge < -0.3 is 5.32 Å². The lowest BCUT2D eigenvalue weighted by Crippen LogP contribution is -2.42. The fraction of sp³-hybridized carbons (Fsp3) is 0.889. The molecule has 0 aliphatic heterocycles. The van der Waals surface area contributed by atoms with E-state index in [4.69, 9.17) is 0 Å². The molecule has 2 rings (SSSR count). The molecule has 0 aromatic carbocycles. The summed E-state index contributed by atoms with van der Waals surface area (Å²) in [6.45, 7) is 2.30. The van der Waals surface area contributed by atoms with Crippen LogP contribution in [0.4, 0.5) is 0 Å². The first-order valence-electron chi connectivity index (χ1n) is 5.15. The maximum atomic E-state index is 4.01. The van der Waals surface area contributed by atoms with Crippen molar-refractivity contribution in [2.75, 3.05) is 7.05 Å². The molecule has 2 N–H and O–H groups in total. The van der Waals surface area contributed by atoms with Gasteiger partial charge in [-0.05, 0) is 32.2 Å². The first-order valence-corrected chi connectivity index (χ1v) is 5.15. The standard InChI is InChI=1S/C9H17N5/c1-7-3-4-9(5-7,10-2)6-8-11-13-14-12-8/h7,10H,3-6H2,1-2H3,(H,11,12,13,14). The van der Waals surface area contributed by atoms with Gasteiger partial charge >= 0.3 is 0 Å². The Morgan fingerprint density at radius 2 is 2.50 bits per heavy atom. The number of hydrogen-bond donors (Lipinski definition) is 2. The normalized spacial score (nSPS) is 32.3. The largest absolute Gasteiger partial charge is 0.314 e. The van der Waals surface area contributed by atoms with Crippen molar-refractivity contribution in [2.45, 2.75) is 38.1 Å². The smallest absolute Gasteiger partial charge is 0.176 e. The summed E-state index contributed by atoms with van der Waals surface area (Å²) in [7, 11) is 2.03. The van der Waals surface area contributed by atoms with Crippen LogP contribution in [0.25, 0.3) is 0 Å². The molecule has 14 heavy (non-hydrogen) atoms. The lowest BCUT2D eigenvalue weighted by Gasteiger charge is -2.27. The third kappa shape index (κ3) is 1.77. The topological polar surface area (TPSA) is 66.5 Å². The molecule has 5 nitrogen and oxygen atoms in total. The van der Waals surface area contributed by atoms with Crippen molar-refractivity contribution in [3.05, 3.63) is 5.82 Å². The van der Waals surface area contributed by atoms with E-state index in [1.165, 1.54) is 19.3 Å². The number of H-pyrrole nitrogens is 1. The van der Waals surface area contributed by atoms with Crippen LogP contribution in [0.2, 0.25) is 0 Å². The Balaban J connectivity index is 2.06. The van der Waals surface area contributed by atoms with E-state index in [1.54, 1.807) is 0 Å². The molecule has 0 radical (unpaired) electrons. The zero-order valence-corrected chi connectivity index (χ0v) is 8.75. The molecule has 78 valence electrons. The predicted molar refractivity (Wildman–Crippen MR) is 52.7 cm³/mol. The molecule has 2 unspecified atom stereocenters. The van der Waals surface area contributed by atoms with E-state index < -0.39 is 0 Å². The summed E-state index contributed by atoms with van der Waals surface area (Å²) in [6.07, 6.45) is 4.58. The monoisotopic (exact) mass is 195 g/mol. The Labute approximate surface area is 83.7 Å². The number of aromatic nitrogens is 4. The molecule has 0 saturated heterocycles. The fourth-order valence-corrected chi connectivity index (χ4v) is 2.43. The van der Waals surface area contributed by atoms with Gasteiger partial charge in [-0.25, -0.2) is 0 Å². The third-order valence-electron chi connectivity index (χ3n) is 3.27. The first-order chi connectivity index (χ1) is 6.74. The van der Waals surface area contributed by atoms with E-state index in [1.807, 2.05) is 7.05 Å². The summed E-state index contributed by atoms with van der Waals surface area (Å²) >= 11 is 0. The van der Waals surface area contributed by atoms with Gasteiger partial charge in [0, 0.05) is 12.0 Å². The van der Waals surface area contributed by atoms with Crippen LogP contribution in [0.15, 0.2) is 0 Å². The molecule has 1 aromatic rings. The summed E-state index contributed by atoms with van der Waals surface area (Å²) in [5.74, 6) is 1.61. The fourth-order valence-electron chi connectivity index (χ4n) is 2.43. The Morgan fingerprint density at radius 3 is 3.00 bits per heavy atom. The van der Waals surface area contributed by atoms with Crippen molar-refractivity contribution in [2.24, 2.45) is 5.92 Å². The van der Waals surface area contributed by atoms with Crippen LogP contribution < -0.4 is 5.32 Å². The number of likely N-dealkylation sites (N-methyl/N-ethyl adjacent to an activating group) is 1. The van der Waals surface area contributed by atoms with E-state index in [9.17, 15) is 0 Å². The Kier molecular flexibility index (Phi) is 2.50. The highest BCUT2D eigenvalue weighted by Gasteiger charge is 2.37. The number of rotatable bonds is 3. The van der Waals surface area contributed by atoms with Crippen LogP contribution in [-0.4, -0.2) is 33.2 Å². The van der Waals surface area contributed by atoms with Gasteiger partial charge in [0.1, 0.15) is 0 Å². The molecule has 1 heterocycles. The number of nitrogens with zero attached hydrogens (tertiary/aromatic N) is 3. The lowest BCUT2D eigenvalue weighted by atomic mass is 9.92. The molecule has 0 spiro atoms. The number of tetrazole rings is 1. The molecule has 1 saturated carbocycles. The maximum Gasteiger partial charge on any atom is 0.176 e. The molecule has 1 aliphatic rings. The summed E-state index contributed by atoms with van der Waals surface area (Å²) in [5, 5.41) is 17.5. The molecular weight excluding hydrogens is 178 g/mol.